The van der Waals surface area contributed by atoms with Gasteiger partial charge in [0.1, 0.15) is 11.8 Å². The Kier molecular flexibility index (Phi) is 6.36. The van der Waals surface area contributed by atoms with Crippen molar-refractivity contribution in [2.45, 2.75) is 25.8 Å². The molecular formula is C16H23N3O. The van der Waals surface area contributed by atoms with Gasteiger partial charge in [0.25, 0.3) is 0 Å². The van der Waals surface area contributed by atoms with E-state index in [0.717, 1.165) is 24.4 Å². The van der Waals surface area contributed by atoms with Crippen LogP contribution in [0.2, 0.25) is 0 Å². The molecule has 20 heavy (non-hydrogen) atoms. The Morgan fingerprint density at radius 1 is 1.25 bits per heavy atom. The molecule has 0 spiro atoms. The molecule has 1 heterocycles. The molecule has 0 saturated carbocycles. The molecule has 4 nitrogen and oxygen atoms in total. The Labute approximate surface area is 121 Å². The highest BCUT2D eigenvalue weighted by Gasteiger charge is 2.10. The maximum atomic E-state index is 8.57. The normalized spacial score (nSPS) is 15.2. The maximum absolute atomic E-state index is 8.57. The molecule has 0 aromatic heterocycles. The number of nitriles is 1. The SMILES string of the molecule is N#CCOc1ccccc1CNCCCN1CCCC1. The summed E-state index contributed by atoms with van der Waals surface area (Å²) in [4.78, 5) is 2.53. The van der Waals surface area contributed by atoms with Gasteiger partial charge in [-0.15, -0.1) is 0 Å². The summed E-state index contributed by atoms with van der Waals surface area (Å²) in [5.74, 6) is 0.807. The van der Waals surface area contributed by atoms with Crippen LogP contribution in [0.3, 0.4) is 0 Å². The van der Waals surface area contributed by atoms with Crippen LogP contribution in [-0.2, 0) is 6.54 Å². The molecule has 0 aliphatic carbocycles. The minimum atomic E-state index is 0.103. The number of ether oxygens (including phenoxy) is 1. The third kappa shape index (κ3) is 4.84. The van der Waals surface area contributed by atoms with Gasteiger partial charge in [-0.2, -0.15) is 5.26 Å². The fraction of sp³-hybridized carbons (Fsp3) is 0.562. The zero-order valence-electron chi connectivity index (χ0n) is 12.0. The molecule has 4 heteroatoms. The Morgan fingerprint density at radius 2 is 2.05 bits per heavy atom. The first-order valence-electron chi connectivity index (χ1n) is 7.41. The predicted octanol–water partition coefficient (Wildman–Crippen LogP) is 2.16. The van der Waals surface area contributed by atoms with Gasteiger partial charge < -0.3 is 15.0 Å². The van der Waals surface area contributed by atoms with E-state index in [1.165, 1.54) is 38.9 Å². The van der Waals surface area contributed by atoms with E-state index in [4.69, 9.17) is 10.00 Å². The van der Waals surface area contributed by atoms with Gasteiger partial charge >= 0.3 is 0 Å². The van der Waals surface area contributed by atoms with E-state index < -0.39 is 0 Å². The van der Waals surface area contributed by atoms with Crippen LogP contribution < -0.4 is 10.1 Å². The van der Waals surface area contributed by atoms with Crippen molar-refractivity contribution < 1.29 is 4.74 Å². The van der Waals surface area contributed by atoms with Gasteiger partial charge in [0.15, 0.2) is 6.61 Å². The monoisotopic (exact) mass is 273 g/mol. The summed E-state index contributed by atoms with van der Waals surface area (Å²) in [6.45, 7) is 5.64. The highest BCUT2D eigenvalue weighted by molar-refractivity contribution is 5.33. The molecule has 1 N–H and O–H groups in total. The quantitative estimate of drug-likeness (QED) is 0.737. The molecule has 1 saturated heterocycles. The van der Waals surface area contributed by atoms with Crippen LogP contribution in [0.4, 0.5) is 0 Å². The smallest absolute Gasteiger partial charge is 0.174 e. The summed E-state index contributed by atoms with van der Waals surface area (Å²) in [5.41, 5.74) is 1.11. The lowest BCUT2D eigenvalue weighted by molar-refractivity contribution is 0.330. The second kappa shape index (κ2) is 8.57. The molecule has 1 aliphatic rings. The maximum Gasteiger partial charge on any atom is 0.174 e. The average molecular weight is 273 g/mol. The van der Waals surface area contributed by atoms with E-state index in [1.54, 1.807) is 0 Å². The summed E-state index contributed by atoms with van der Waals surface area (Å²) < 4.78 is 5.42. The van der Waals surface area contributed by atoms with Crippen LogP contribution in [-0.4, -0.2) is 37.7 Å². The first-order valence-corrected chi connectivity index (χ1v) is 7.41. The summed E-state index contributed by atoms with van der Waals surface area (Å²) >= 11 is 0. The number of hydrogen-bond acceptors (Lipinski definition) is 4. The van der Waals surface area contributed by atoms with Crippen molar-refractivity contribution in [1.82, 2.24) is 10.2 Å². The molecule has 0 unspecified atom stereocenters. The van der Waals surface area contributed by atoms with Gasteiger partial charge in [0.2, 0.25) is 0 Å². The summed E-state index contributed by atoms with van der Waals surface area (Å²) in [6, 6.07) is 9.89. The zero-order chi connectivity index (χ0) is 14.0. The molecule has 0 amide bonds. The third-order valence-electron chi connectivity index (χ3n) is 3.61. The van der Waals surface area contributed by atoms with Crippen molar-refractivity contribution in [2.75, 3.05) is 32.8 Å². The fourth-order valence-corrected chi connectivity index (χ4v) is 2.56. The lowest BCUT2D eigenvalue weighted by Crippen LogP contribution is -2.24. The van der Waals surface area contributed by atoms with Crippen LogP contribution in [0.5, 0.6) is 5.75 Å². The van der Waals surface area contributed by atoms with Crippen molar-refractivity contribution in [1.29, 1.82) is 5.26 Å². The van der Waals surface area contributed by atoms with E-state index in [-0.39, 0.29) is 6.61 Å². The fourth-order valence-electron chi connectivity index (χ4n) is 2.56. The number of para-hydroxylation sites is 1. The molecule has 1 aliphatic heterocycles. The minimum Gasteiger partial charge on any atom is -0.478 e. The molecule has 108 valence electrons. The number of hydrogen-bond donors (Lipinski definition) is 1. The third-order valence-corrected chi connectivity index (χ3v) is 3.61. The zero-order valence-corrected chi connectivity index (χ0v) is 12.0. The molecule has 1 aromatic carbocycles. The average Bonchev–Trinajstić information content (AvgIpc) is 2.99. The Morgan fingerprint density at radius 3 is 2.85 bits per heavy atom. The number of nitrogens with one attached hydrogen (secondary N) is 1. The van der Waals surface area contributed by atoms with Crippen molar-refractivity contribution in [3.8, 4) is 11.8 Å². The minimum absolute atomic E-state index is 0.103. The number of nitrogens with zero attached hydrogens (tertiary/aromatic N) is 2. The van der Waals surface area contributed by atoms with E-state index >= 15 is 0 Å². The highest BCUT2D eigenvalue weighted by atomic mass is 16.5. The Balaban J connectivity index is 1.66. The van der Waals surface area contributed by atoms with Crippen LogP contribution in [0, 0.1) is 11.3 Å². The van der Waals surface area contributed by atoms with E-state index in [0.29, 0.717) is 0 Å². The second-order valence-corrected chi connectivity index (χ2v) is 5.13. The Hall–Kier alpha value is -1.57. The van der Waals surface area contributed by atoms with Crippen LogP contribution in [0.25, 0.3) is 0 Å². The largest absolute Gasteiger partial charge is 0.478 e. The standard InChI is InChI=1S/C16H23N3O/c17-8-13-20-16-7-2-1-6-15(16)14-18-9-5-12-19-10-3-4-11-19/h1-2,6-7,18H,3-5,9-14H2. The number of likely N-dealkylation sites (tertiary alicyclic amines) is 1. The molecule has 0 atom stereocenters. The van der Waals surface area contributed by atoms with Gasteiger partial charge in [-0.1, -0.05) is 18.2 Å². The molecule has 2 rings (SSSR count). The van der Waals surface area contributed by atoms with E-state index in [1.807, 2.05) is 30.3 Å². The molecule has 0 bridgehead atoms. The first kappa shape index (κ1) is 14.8. The number of rotatable bonds is 8. The molecule has 1 fully saturated rings. The second-order valence-electron chi connectivity index (χ2n) is 5.13. The van der Waals surface area contributed by atoms with E-state index in [2.05, 4.69) is 10.2 Å². The van der Waals surface area contributed by atoms with Crippen molar-refractivity contribution >= 4 is 0 Å². The lowest BCUT2D eigenvalue weighted by Gasteiger charge is -2.14. The van der Waals surface area contributed by atoms with Crippen molar-refractivity contribution in [2.24, 2.45) is 0 Å². The van der Waals surface area contributed by atoms with Crippen LogP contribution >= 0.6 is 0 Å². The topological polar surface area (TPSA) is 48.3 Å². The Bertz CT molecular complexity index is 436. The van der Waals surface area contributed by atoms with Crippen LogP contribution in [0.1, 0.15) is 24.8 Å². The molecule has 0 radical (unpaired) electrons. The van der Waals surface area contributed by atoms with Gasteiger partial charge in [-0.3, -0.25) is 0 Å². The van der Waals surface area contributed by atoms with Gasteiger partial charge in [0.05, 0.1) is 0 Å². The molecular weight excluding hydrogens is 250 g/mol. The number of benzene rings is 1. The highest BCUT2D eigenvalue weighted by Crippen LogP contribution is 2.17. The van der Waals surface area contributed by atoms with Crippen LogP contribution in [0.15, 0.2) is 24.3 Å². The summed E-state index contributed by atoms with van der Waals surface area (Å²) in [7, 11) is 0. The van der Waals surface area contributed by atoms with E-state index in [9.17, 15) is 0 Å². The van der Waals surface area contributed by atoms with Gasteiger partial charge in [-0.05, 0) is 51.5 Å². The summed E-state index contributed by atoms with van der Waals surface area (Å²) in [5, 5.41) is 12.0. The predicted molar refractivity (Wildman–Crippen MR) is 79.5 cm³/mol. The van der Waals surface area contributed by atoms with Gasteiger partial charge in [0, 0.05) is 12.1 Å². The lowest BCUT2D eigenvalue weighted by atomic mass is 10.2. The van der Waals surface area contributed by atoms with Crippen molar-refractivity contribution in [3.63, 3.8) is 0 Å². The molecule has 1 aromatic rings. The van der Waals surface area contributed by atoms with Crippen molar-refractivity contribution in [3.05, 3.63) is 29.8 Å². The first-order chi connectivity index (χ1) is 9.90. The van der Waals surface area contributed by atoms with Gasteiger partial charge in [-0.25, -0.2) is 0 Å². The summed E-state index contributed by atoms with van der Waals surface area (Å²) in [6.07, 6.45) is 3.90.